The number of aryl methyl sites for hydroxylation is 1. The van der Waals surface area contributed by atoms with E-state index in [0.717, 1.165) is 35.5 Å². The summed E-state index contributed by atoms with van der Waals surface area (Å²) < 4.78 is 6.21. The number of hydrogen-bond acceptors (Lipinski definition) is 5. The second-order valence-electron chi connectivity index (χ2n) is 10.2. The Kier molecular flexibility index (Phi) is 8.64. The predicted molar refractivity (Wildman–Crippen MR) is 146 cm³/mol. The Balaban J connectivity index is 1.25. The second kappa shape index (κ2) is 11.9. The molecule has 2 aliphatic heterocycles. The van der Waals surface area contributed by atoms with Gasteiger partial charge in [0.05, 0.1) is 0 Å². The first-order chi connectivity index (χ1) is 16.9. The van der Waals surface area contributed by atoms with Crippen LogP contribution in [0.15, 0.2) is 42.5 Å². The van der Waals surface area contributed by atoms with Gasteiger partial charge < -0.3 is 19.4 Å². The van der Waals surface area contributed by atoms with Crippen LogP contribution in [0.25, 0.3) is 5.76 Å². The Hall–Kier alpha value is -2.63. The van der Waals surface area contributed by atoms with E-state index < -0.39 is 0 Å². The molecule has 0 spiro atoms. The van der Waals surface area contributed by atoms with Gasteiger partial charge in [0.15, 0.2) is 5.78 Å². The quantitative estimate of drug-likeness (QED) is 0.421. The molecule has 0 radical (unpaired) electrons. The second-order valence-corrected chi connectivity index (χ2v) is 10.2. The van der Waals surface area contributed by atoms with Gasteiger partial charge >= 0.3 is 0 Å². The number of carbonyl (C=O) groups is 1. The van der Waals surface area contributed by atoms with Crippen molar-refractivity contribution in [1.82, 2.24) is 9.80 Å². The summed E-state index contributed by atoms with van der Waals surface area (Å²) in [7, 11) is 4.40. The van der Waals surface area contributed by atoms with E-state index in [1.165, 1.54) is 64.0 Å². The van der Waals surface area contributed by atoms with E-state index in [0.29, 0.717) is 11.3 Å². The number of carbonyl (C=O) groups excluding carboxylic acids is 1. The number of nitrogens with zero attached hydrogens (tertiary/aromatic N) is 3. The lowest BCUT2D eigenvalue weighted by molar-refractivity contribution is 0.104. The van der Waals surface area contributed by atoms with Crippen molar-refractivity contribution in [1.29, 1.82) is 0 Å². The maximum atomic E-state index is 12.7. The Morgan fingerprint density at radius 3 is 2.34 bits per heavy atom. The van der Waals surface area contributed by atoms with E-state index in [2.05, 4.69) is 53.1 Å². The van der Waals surface area contributed by atoms with Crippen molar-refractivity contribution in [3.63, 3.8) is 0 Å². The first-order valence-corrected chi connectivity index (χ1v) is 13.2. The number of fused-ring (bicyclic) bond motifs is 2. The molecule has 1 saturated heterocycles. The molecule has 2 aromatic carbocycles. The van der Waals surface area contributed by atoms with Crippen LogP contribution in [-0.4, -0.2) is 68.9 Å². The number of ether oxygens (including phenoxy) is 1. The van der Waals surface area contributed by atoms with Crippen LogP contribution >= 0.6 is 0 Å². The van der Waals surface area contributed by atoms with Crippen LogP contribution in [0.4, 0.5) is 5.69 Å². The molecule has 4 rings (SSSR count). The normalized spacial score (nSPS) is 16.1. The molecular weight excluding hydrogens is 434 g/mol. The molecule has 0 aromatic heterocycles. The largest absolute Gasteiger partial charge is 0.456 e. The van der Waals surface area contributed by atoms with Crippen molar-refractivity contribution >= 4 is 17.2 Å². The highest BCUT2D eigenvalue weighted by molar-refractivity contribution is 6.10. The van der Waals surface area contributed by atoms with Gasteiger partial charge in [0.1, 0.15) is 11.5 Å². The number of ketones is 1. The van der Waals surface area contributed by atoms with Gasteiger partial charge in [0.2, 0.25) is 0 Å². The van der Waals surface area contributed by atoms with Crippen LogP contribution in [-0.2, 0) is 0 Å². The lowest BCUT2D eigenvalue weighted by Gasteiger charge is -2.28. The van der Waals surface area contributed by atoms with Crippen LogP contribution in [0, 0.1) is 13.8 Å². The van der Waals surface area contributed by atoms with Gasteiger partial charge in [0, 0.05) is 55.1 Å². The van der Waals surface area contributed by atoms with Crippen LogP contribution in [0.1, 0.15) is 59.2 Å². The highest BCUT2D eigenvalue weighted by Gasteiger charge is 2.21. The predicted octanol–water partition coefficient (Wildman–Crippen LogP) is 5.55. The zero-order valence-electron chi connectivity index (χ0n) is 22.0. The van der Waals surface area contributed by atoms with Crippen molar-refractivity contribution in [2.75, 3.05) is 58.3 Å². The zero-order chi connectivity index (χ0) is 24.8. The number of likely N-dealkylation sites (N-methyl/N-ethyl adjacent to an activating group) is 1. The van der Waals surface area contributed by atoms with E-state index >= 15 is 0 Å². The number of hydrogen-bond donors (Lipinski definition) is 0. The third kappa shape index (κ3) is 6.53. The van der Waals surface area contributed by atoms with Crippen molar-refractivity contribution in [2.45, 2.75) is 46.0 Å². The molecule has 2 aromatic rings. The molecule has 0 unspecified atom stereocenters. The van der Waals surface area contributed by atoms with E-state index in [1.807, 2.05) is 26.0 Å². The Morgan fingerprint density at radius 1 is 0.886 bits per heavy atom. The molecule has 5 heteroatoms. The van der Waals surface area contributed by atoms with Crippen molar-refractivity contribution < 1.29 is 9.53 Å². The molecule has 0 aliphatic carbocycles. The third-order valence-electron chi connectivity index (χ3n) is 7.47. The molecular formula is C30H41N3O2. The van der Waals surface area contributed by atoms with Crippen molar-refractivity contribution in [2.24, 2.45) is 0 Å². The van der Waals surface area contributed by atoms with E-state index in [4.69, 9.17) is 4.74 Å². The lowest BCUT2D eigenvalue weighted by atomic mass is 10.0. The average molecular weight is 476 g/mol. The fraction of sp³-hybridized carbons (Fsp3) is 0.500. The van der Waals surface area contributed by atoms with E-state index in [1.54, 1.807) is 6.08 Å². The number of piperidine rings is 1. The first-order valence-electron chi connectivity index (χ1n) is 13.2. The maximum Gasteiger partial charge on any atom is 0.189 e. The third-order valence-corrected chi connectivity index (χ3v) is 7.47. The van der Waals surface area contributed by atoms with Gasteiger partial charge in [-0.05, 0) is 96.0 Å². The SMILES string of the molecule is Cc1ccc2c(C)c1OC(c1ccc(N(C)CCCCN(C)CCN3CCCCC3)cc1)=CC2=O. The summed E-state index contributed by atoms with van der Waals surface area (Å²) in [5, 5.41) is 0. The van der Waals surface area contributed by atoms with Gasteiger partial charge in [-0.15, -0.1) is 0 Å². The van der Waals surface area contributed by atoms with Crippen molar-refractivity contribution in [3.05, 3.63) is 64.7 Å². The number of anilines is 1. The van der Waals surface area contributed by atoms with Gasteiger partial charge in [-0.1, -0.05) is 18.6 Å². The summed E-state index contributed by atoms with van der Waals surface area (Å²) in [4.78, 5) is 20.1. The Bertz CT molecular complexity index is 1040. The minimum atomic E-state index is -0.00154. The average Bonchev–Trinajstić information content (AvgIpc) is 2.95. The van der Waals surface area contributed by atoms with Gasteiger partial charge in [-0.3, -0.25) is 4.79 Å². The summed E-state index contributed by atoms with van der Waals surface area (Å²) in [6, 6.07) is 12.2. The van der Waals surface area contributed by atoms with Crippen LogP contribution in [0.3, 0.4) is 0 Å². The molecule has 0 amide bonds. The maximum absolute atomic E-state index is 12.7. The number of allylic oxidation sites excluding steroid dienone is 1. The molecule has 0 saturated carbocycles. The molecule has 188 valence electrons. The van der Waals surface area contributed by atoms with Crippen LogP contribution < -0.4 is 9.64 Å². The van der Waals surface area contributed by atoms with Gasteiger partial charge in [-0.2, -0.15) is 0 Å². The summed E-state index contributed by atoms with van der Waals surface area (Å²) in [6.45, 7) is 11.1. The van der Waals surface area contributed by atoms with Crippen LogP contribution in [0.5, 0.6) is 5.75 Å². The first kappa shape index (κ1) is 25.5. The monoisotopic (exact) mass is 475 g/mol. The molecule has 1 fully saturated rings. The van der Waals surface area contributed by atoms with Gasteiger partial charge in [-0.25, -0.2) is 0 Å². The number of unbranched alkanes of at least 4 members (excludes halogenated alkanes) is 1. The molecule has 0 N–H and O–H groups in total. The molecule has 2 heterocycles. The summed E-state index contributed by atoms with van der Waals surface area (Å²) in [6.07, 6.45) is 8.14. The van der Waals surface area contributed by atoms with E-state index in [9.17, 15) is 4.79 Å². The topological polar surface area (TPSA) is 36.0 Å². The molecule has 35 heavy (non-hydrogen) atoms. The lowest BCUT2D eigenvalue weighted by Crippen LogP contribution is -2.36. The smallest absolute Gasteiger partial charge is 0.189 e. The molecule has 2 aliphatic rings. The Labute approximate surface area is 211 Å². The standard InChI is InChI=1S/C30H41N3O2/c1-23-10-15-27-24(2)30(23)35-29(22-28(27)34)25-11-13-26(14-12-25)32(4)17-9-8-16-31(3)20-21-33-18-6-5-7-19-33/h10-15,22H,5-9,16-21H2,1-4H3. The summed E-state index contributed by atoms with van der Waals surface area (Å²) >= 11 is 0. The number of rotatable bonds is 10. The van der Waals surface area contributed by atoms with E-state index in [-0.39, 0.29) is 5.78 Å². The molecule has 0 atom stereocenters. The summed E-state index contributed by atoms with van der Waals surface area (Å²) in [5.41, 5.74) is 4.77. The zero-order valence-corrected chi connectivity index (χ0v) is 22.0. The Morgan fingerprint density at radius 2 is 1.60 bits per heavy atom. The van der Waals surface area contributed by atoms with Crippen molar-refractivity contribution in [3.8, 4) is 5.75 Å². The van der Waals surface area contributed by atoms with Crippen LogP contribution in [0.2, 0.25) is 0 Å². The highest BCUT2D eigenvalue weighted by atomic mass is 16.5. The van der Waals surface area contributed by atoms with Gasteiger partial charge in [0.25, 0.3) is 0 Å². The molecule has 2 bridgehead atoms. The minimum absolute atomic E-state index is 0.00154. The summed E-state index contributed by atoms with van der Waals surface area (Å²) in [5.74, 6) is 1.41. The number of likely N-dealkylation sites (tertiary alicyclic amines) is 1. The fourth-order valence-electron chi connectivity index (χ4n) is 5.08. The number of benzene rings is 2. The molecule has 5 nitrogen and oxygen atoms in total. The highest BCUT2D eigenvalue weighted by Crippen LogP contribution is 2.34. The minimum Gasteiger partial charge on any atom is -0.456 e. The fourth-order valence-corrected chi connectivity index (χ4v) is 5.08.